The van der Waals surface area contributed by atoms with Gasteiger partial charge in [-0.3, -0.25) is 4.79 Å². The third-order valence-corrected chi connectivity index (χ3v) is 5.84. The molecule has 0 unspecified atom stereocenters. The Hall–Kier alpha value is -2.81. The number of hydrogen-bond donors (Lipinski definition) is 1. The van der Waals surface area contributed by atoms with Crippen LogP contribution in [0.1, 0.15) is 11.1 Å². The van der Waals surface area contributed by atoms with Gasteiger partial charge in [0.05, 0.1) is 27.3 Å². The molecule has 0 fully saturated rings. The van der Waals surface area contributed by atoms with Crippen molar-refractivity contribution < 1.29 is 26.9 Å². The number of carbonyl (C=O) groups is 1. The summed E-state index contributed by atoms with van der Waals surface area (Å²) in [6, 6.07) is 13.6. The summed E-state index contributed by atoms with van der Waals surface area (Å²) in [5, 5.41) is 0. The van der Waals surface area contributed by atoms with E-state index in [-0.39, 0.29) is 11.1 Å². The minimum absolute atomic E-state index is 0.0414. The van der Waals surface area contributed by atoms with Gasteiger partial charge in [0.2, 0.25) is 17.4 Å². The van der Waals surface area contributed by atoms with Gasteiger partial charge in [0.25, 0.3) is 0 Å². The van der Waals surface area contributed by atoms with Crippen molar-refractivity contribution in [2.24, 2.45) is 5.73 Å². The fraction of sp³-hybridized carbons (Fsp3) is 0.167. The van der Waals surface area contributed by atoms with Gasteiger partial charge in [0.1, 0.15) is 13.6 Å². The quantitative estimate of drug-likeness (QED) is 0.543. The average molecular weight is 405 g/mol. The number of benzene rings is 2. The van der Waals surface area contributed by atoms with Gasteiger partial charge < -0.3 is 19.4 Å². The van der Waals surface area contributed by atoms with E-state index < -0.39 is 37.6 Å². The first-order chi connectivity index (χ1) is 13.5. The van der Waals surface area contributed by atoms with Crippen LogP contribution in [0.2, 0.25) is 0 Å². The van der Waals surface area contributed by atoms with E-state index in [1.54, 1.807) is 30.3 Å². The summed E-state index contributed by atoms with van der Waals surface area (Å²) in [6.45, 7) is 0. The van der Waals surface area contributed by atoms with E-state index in [1.165, 1.54) is 31.4 Å². The van der Waals surface area contributed by atoms with Crippen LogP contribution < -0.4 is 10.5 Å². The molecule has 11 heteroatoms. The number of ether oxygens (including phenoxy) is 2. The molecule has 0 amide bonds. The third kappa shape index (κ3) is 3.50. The zero-order chi connectivity index (χ0) is 21.4. The SMILES string of the molecule is [B]C([B])(c1ccccc1)S(=O)(=O)OC1=C(N)O[C@@]([B])(c2ccc(OC)cc2)C1=O. The zero-order valence-electron chi connectivity index (χ0n) is 15.4. The standard InChI is InChI=1S/C18H14B3NO6S/c1-26-13-9-7-11(8-10-13)17(19)15(23)14(16(22)27-17)28-29(24,25)18(20,21)12-5-3-2-4-6-12/h2-10H,22H2,1H3/t17-/m0/s1. The van der Waals surface area contributed by atoms with Crippen LogP contribution in [0.4, 0.5) is 0 Å². The first-order valence-corrected chi connectivity index (χ1v) is 9.68. The fourth-order valence-electron chi connectivity index (χ4n) is 2.68. The predicted molar refractivity (Wildman–Crippen MR) is 107 cm³/mol. The van der Waals surface area contributed by atoms with Gasteiger partial charge in [0.15, 0.2) is 5.50 Å². The minimum atomic E-state index is -4.76. The molecule has 142 valence electrons. The number of ketones is 1. The minimum Gasteiger partial charge on any atom is -0.497 e. The van der Waals surface area contributed by atoms with E-state index in [4.69, 9.17) is 42.9 Å². The molecule has 0 saturated heterocycles. The number of nitrogens with two attached hydrogens (primary N) is 1. The van der Waals surface area contributed by atoms with Gasteiger partial charge in [-0.1, -0.05) is 42.5 Å². The number of methoxy groups -OCH3 is 1. The lowest BCUT2D eigenvalue weighted by Gasteiger charge is -2.26. The van der Waals surface area contributed by atoms with E-state index in [0.29, 0.717) is 5.75 Å². The second-order valence-electron chi connectivity index (χ2n) is 6.29. The molecule has 1 aliphatic heterocycles. The van der Waals surface area contributed by atoms with Crippen LogP contribution in [-0.4, -0.2) is 44.8 Å². The highest BCUT2D eigenvalue weighted by atomic mass is 32.2. The summed E-state index contributed by atoms with van der Waals surface area (Å²) in [4.78, 5) is 12.8. The van der Waals surface area contributed by atoms with Crippen LogP contribution in [0.15, 0.2) is 66.2 Å². The van der Waals surface area contributed by atoms with Crippen molar-refractivity contribution in [1.29, 1.82) is 0 Å². The van der Waals surface area contributed by atoms with Crippen LogP contribution in [0.5, 0.6) is 5.75 Å². The summed E-state index contributed by atoms with van der Waals surface area (Å²) >= 11 is 0. The fourth-order valence-corrected chi connectivity index (χ4v) is 3.62. The van der Waals surface area contributed by atoms with Crippen molar-refractivity contribution in [2.75, 3.05) is 7.11 Å². The van der Waals surface area contributed by atoms with E-state index in [0.717, 1.165) is 0 Å². The number of rotatable bonds is 6. The van der Waals surface area contributed by atoms with Crippen LogP contribution >= 0.6 is 0 Å². The summed E-state index contributed by atoms with van der Waals surface area (Å²) in [7, 11) is 14.4. The Morgan fingerprint density at radius 2 is 1.66 bits per heavy atom. The molecule has 1 aliphatic rings. The van der Waals surface area contributed by atoms with Crippen molar-refractivity contribution in [1.82, 2.24) is 0 Å². The first-order valence-electron chi connectivity index (χ1n) is 8.27. The van der Waals surface area contributed by atoms with E-state index in [9.17, 15) is 13.2 Å². The van der Waals surface area contributed by atoms with E-state index in [1.807, 2.05) is 0 Å². The van der Waals surface area contributed by atoms with Crippen LogP contribution in [0.3, 0.4) is 0 Å². The Balaban J connectivity index is 1.91. The highest BCUT2D eigenvalue weighted by Gasteiger charge is 2.50. The first kappa shape index (κ1) is 20.9. The Morgan fingerprint density at radius 1 is 1.07 bits per heavy atom. The lowest BCUT2D eigenvalue weighted by molar-refractivity contribution is -0.126. The molecule has 0 aliphatic carbocycles. The molecule has 0 aromatic heterocycles. The number of Topliss-reactive ketones (excluding diaryl/α,β-unsaturated/α-hetero) is 1. The molecule has 3 rings (SSSR count). The largest absolute Gasteiger partial charge is 0.497 e. The molecular weight excluding hydrogens is 391 g/mol. The molecule has 1 heterocycles. The van der Waals surface area contributed by atoms with Crippen LogP contribution in [0, 0.1) is 0 Å². The number of hydrogen-bond acceptors (Lipinski definition) is 7. The smallest absolute Gasteiger partial charge is 0.302 e. The molecule has 29 heavy (non-hydrogen) atoms. The third-order valence-electron chi connectivity index (χ3n) is 4.39. The molecule has 2 aromatic rings. The number of carbonyl (C=O) groups excluding carboxylic acids is 1. The van der Waals surface area contributed by atoms with Gasteiger partial charge in [-0.25, -0.2) is 0 Å². The topological polar surface area (TPSA) is 105 Å². The van der Waals surface area contributed by atoms with Crippen molar-refractivity contribution in [3.63, 3.8) is 0 Å². The Bertz CT molecular complexity index is 1070. The van der Waals surface area contributed by atoms with Gasteiger partial charge in [0, 0.05) is 0 Å². The van der Waals surface area contributed by atoms with Crippen LogP contribution in [0.25, 0.3) is 0 Å². The van der Waals surface area contributed by atoms with Crippen molar-refractivity contribution in [3.05, 3.63) is 77.4 Å². The van der Waals surface area contributed by atoms with Gasteiger partial charge in [-0.2, -0.15) is 8.42 Å². The summed E-state index contributed by atoms with van der Waals surface area (Å²) in [6.07, 6.45) is 0. The summed E-state index contributed by atoms with van der Waals surface area (Å²) < 4.78 is 38.2. The summed E-state index contributed by atoms with van der Waals surface area (Å²) in [5.74, 6) is -1.91. The van der Waals surface area contributed by atoms with E-state index in [2.05, 4.69) is 0 Å². The molecule has 0 bridgehead atoms. The van der Waals surface area contributed by atoms with Crippen LogP contribution in [-0.2, 0) is 33.9 Å². The van der Waals surface area contributed by atoms with Crippen molar-refractivity contribution in [3.8, 4) is 5.75 Å². The predicted octanol–water partition coefficient (Wildman–Crippen LogP) is 0.237. The van der Waals surface area contributed by atoms with Crippen molar-refractivity contribution in [2.45, 2.75) is 10.0 Å². The Morgan fingerprint density at radius 3 is 2.21 bits per heavy atom. The molecule has 2 aromatic carbocycles. The van der Waals surface area contributed by atoms with Gasteiger partial charge in [-0.05, 0) is 23.3 Å². The molecule has 0 saturated carbocycles. The second kappa shape index (κ2) is 7.22. The van der Waals surface area contributed by atoms with Gasteiger partial charge in [-0.15, -0.1) is 0 Å². The normalized spacial score (nSPS) is 19.7. The molecule has 7 nitrogen and oxygen atoms in total. The second-order valence-corrected chi connectivity index (χ2v) is 8.04. The van der Waals surface area contributed by atoms with Gasteiger partial charge >= 0.3 is 10.1 Å². The highest BCUT2D eigenvalue weighted by Crippen LogP contribution is 2.38. The monoisotopic (exact) mass is 405 g/mol. The molecule has 6 radical (unpaired) electrons. The lowest BCUT2D eigenvalue weighted by atomic mass is 9.65. The van der Waals surface area contributed by atoms with E-state index >= 15 is 0 Å². The zero-order valence-corrected chi connectivity index (χ0v) is 16.2. The maximum Gasteiger partial charge on any atom is 0.302 e. The van der Waals surface area contributed by atoms with Crippen molar-refractivity contribution >= 4 is 39.4 Å². The Kier molecular flexibility index (Phi) is 5.21. The highest BCUT2D eigenvalue weighted by molar-refractivity contribution is 7.90. The molecular formula is C18H14B3NO6S. The molecule has 2 N–H and O–H groups in total. The Labute approximate surface area is 172 Å². The molecule has 1 atom stereocenters. The maximum absolute atomic E-state index is 12.8. The molecule has 0 spiro atoms. The lowest BCUT2D eigenvalue weighted by Crippen LogP contribution is -2.40. The maximum atomic E-state index is 12.8. The average Bonchev–Trinajstić information content (AvgIpc) is 2.92. The summed E-state index contributed by atoms with van der Waals surface area (Å²) in [5.41, 5.74) is 3.85.